The number of nitrogens with one attached hydrogen (secondary N) is 2. The Labute approximate surface area is 200 Å². The second-order valence-corrected chi connectivity index (χ2v) is 8.92. The van der Waals surface area contributed by atoms with Crippen molar-refractivity contribution in [2.45, 2.75) is 25.3 Å². The van der Waals surface area contributed by atoms with Gasteiger partial charge in [-0.15, -0.1) is 0 Å². The Kier molecular flexibility index (Phi) is 6.15. The van der Waals surface area contributed by atoms with Crippen molar-refractivity contribution in [3.63, 3.8) is 0 Å². The van der Waals surface area contributed by atoms with Gasteiger partial charge in [-0.3, -0.25) is 9.59 Å². The van der Waals surface area contributed by atoms with E-state index in [9.17, 15) is 19.5 Å². The second-order valence-electron chi connectivity index (χ2n) is 8.04. The predicted molar refractivity (Wildman–Crippen MR) is 128 cm³/mol. The number of amides is 1. The number of halogens is 2. The third-order valence-electron chi connectivity index (χ3n) is 5.55. The zero-order chi connectivity index (χ0) is 23.8. The minimum atomic E-state index is -1.33. The summed E-state index contributed by atoms with van der Waals surface area (Å²) < 4.78 is 0. The molecule has 3 N–H and O–H groups in total. The number of Topliss-reactive ketones (excluding diaryl/α,β-unsaturated/α-hetero) is 1. The zero-order valence-corrected chi connectivity index (χ0v) is 19.1. The van der Waals surface area contributed by atoms with E-state index >= 15 is 0 Å². The van der Waals surface area contributed by atoms with Crippen molar-refractivity contribution in [3.8, 4) is 0 Å². The highest BCUT2D eigenvalue weighted by Crippen LogP contribution is 2.43. The van der Waals surface area contributed by atoms with Crippen molar-refractivity contribution in [2.75, 3.05) is 10.6 Å². The molecule has 1 heterocycles. The molecule has 0 saturated heterocycles. The van der Waals surface area contributed by atoms with Gasteiger partial charge in [-0.1, -0.05) is 47.5 Å². The molecular formula is C25H20Cl2N2O4. The molecular weight excluding hydrogens is 463 g/mol. The van der Waals surface area contributed by atoms with E-state index in [4.69, 9.17) is 23.2 Å². The van der Waals surface area contributed by atoms with Crippen LogP contribution in [0.5, 0.6) is 0 Å². The van der Waals surface area contributed by atoms with Gasteiger partial charge in [0.25, 0.3) is 5.91 Å². The van der Waals surface area contributed by atoms with Gasteiger partial charge in [-0.25, -0.2) is 4.79 Å². The zero-order valence-electron chi connectivity index (χ0n) is 17.6. The molecule has 8 heteroatoms. The minimum absolute atomic E-state index is 0.0111. The molecule has 0 bridgehead atoms. The van der Waals surface area contributed by atoms with Gasteiger partial charge in [0, 0.05) is 34.1 Å². The molecule has 0 radical (unpaired) electrons. The van der Waals surface area contributed by atoms with Crippen molar-refractivity contribution < 1.29 is 19.5 Å². The Bertz CT molecular complexity index is 1290. The summed E-state index contributed by atoms with van der Waals surface area (Å²) in [6, 6.07) is 16.8. The predicted octanol–water partition coefficient (Wildman–Crippen LogP) is 5.33. The smallest absolute Gasteiger partial charge is 0.337 e. The molecule has 6 nitrogen and oxygen atoms in total. The topological polar surface area (TPSA) is 95.5 Å². The number of carboxylic acid groups (broad SMARTS) is 1. The Morgan fingerprint density at radius 3 is 2.45 bits per heavy atom. The summed E-state index contributed by atoms with van der Waals surface area (Å²) >= 11 is 12.3. The molecule has 1 atom stereocenters. The Balaban J connectivity index is 1.88. The Hall–Kier alpha value is -3.35. The van der Waals surface area contributed by atoms with Gasteiger partial charge in [0.1, 0.15) is 11.3 Å². The van der Waals surface area contributed by atoms with Crippen molar-refractivity contribution in [1.29, 1.82) is 0 Å². The molecule has 0 aliphatic carbocycles. The molecule has 1 aliphatic heterocycles. The summed E-state index contributed by atoms with van der Waals surface area (Å²) in [7, 11) is 0. The number of ketones is 1. The third-order valence-corrected chi connectivity index (χ3v) is 6.02. The molecule has 0 spiro atoms. The molecule has 0 fully saturated rings. The van der Waals surface area contributed by atoms with E-state index in [1.807, 2.05) is 6.07 Å². The van der Waals surface area contributed by atoms with E-state index in [1.54, 1.807) is 48.5 Å². The van der Waals surface area contributed by atoms with Gasteiger partial charge in [0.05, 0.1) is 11.3 Å². The van der Waals surface area contributed by atoms with Crippen LogP contribution in [-0.2, 0) is 28.0 Å². The number of aromatic carboxylic acids is 1. The average molecular weight is 483 g/mol. The summed E-state index contributed by atoms with van der Waals surface area (Å²) in [5.41, 5.74) is 1.49. The molecule has 3 aromatic carbocycles. The molecule has 1 amide bonds. The first-order valence-corrected chi connectivity index (χ1v) is 10.9. The lowest BCUT2D eigenvalue weighted by atomic mass is 9.84. The molecule has 0 saturated carbocycles. The lowest BCUT2D eigenvalue weighted by Gasteiger charge is -2.31. The number of anilines is 2. The van der Waals surface area contributed by atoms with Crippen LogP contribution in [-0.4, -0.2) is 22.8 Å². The summed E-state index contributed by atoms with van der Waals surface area (Å²) in [4.78, 5) is 37.1. The molecule has 1 aliphatic rings. The monoisotopic (exact) mass is 482 g/mol. The lowest BCUT2D eigenvalue weighted by molar-refractivity contribution is -0.120. The Morgan fingerprint density at radius 1 is 1.00 bits per heavy atom. The van der Waals surface area contributed by atoms with Gasteiger partial charge in [-0.05, 0) is 54.4 Å². The van der Waals surface area contributed by atoms with E-state index < -0.39 is 11.5 Å². The first-order valence-electron chi connectivity index (χ1n) is 10.2. The fourth-order valence-electron chi connectivity index (χ4n) is 4.15. The second kappa shape index (κ2) is 8.89. The van der Waals surface area contributed by atoms with E-state index in [-0.39, 0.29) is 35.8 Å². The van der Waals surface area contributed by atoms with Gasteiger partial charge in [0.15, 0.2) is 0 Å². The Morgan fingerprint density at radius 2 is 1.76 bits per heavy atom. The quantitative estimate of drug-likeness (QED) is 0.423. The summed E-state index contributed by atoms with van der Waals surface area (Å²) in [5, 5.41) is 16.8. The van der Waals surface area contributed by atoms with Gasteiger partial charge in [0.2, 0.25) is 0 Å². The largest absolute Gasteiger partial charge is 0.478 e. The molecule has 33 heavy (non-hydrogen) atoms. The maximum atomic E-state index is 13.5. The number of hydrogen-bond donors (Lipinski definition) is 3. The van der Waals surface area contributed by atoms with Crippen LogP contribution in [0, 0.1) is 0 Å². The number of rotatable bonds is 7. The van der Waals surface area contributed by atoms with E-state index in [0.717, 1.165) is 5.56 Å². The van der Waals surface area contributed by atoms with Crippen LogP contribution in [0.1, 0.15) is 34.0 Å². The van der Waals surface area contributed by atoms with E-state index in [2.05, 4.69) is 10.6 Å². The highest BCUT2D eigenvalue weighted by Gasteiger charge is 2.47. The summed E-state index contributed by atoms with van der Waals surface area (Å²) in [6.45, 7) is 1.46. The molecule has 168 valence electrons. The molecule has 3 aromatic rings. The van der Waals surface area contributed by atoms with Gasteiger partial charge >= 0.3 is 5.97 Å². The summed E-state index contributed by atoms with van der Waals surface area (Å²) in [5.74, 6) is -1.57. The minimum Gasteiger partial charge on any atom is -0.478 e. The maximum Gasteiger partial charge on any atom is 0.337 e. The van der Waals surface area contributed by atoms with Crippen molar-refractivity contribution in [3.05, 3.63) is 93.0 Å². The highest BCUT2D eigenvalue weighted by atomic mass is 35.5. The third kappa shape index (κ3) is 4.58. The normalized spacial score (nSPS) is 16.8. The first-order chi connectivity index (χ1) is 15.7. The van der Waals surface area contributed by atoms with Crippen molar-refractivity contribution >= 4 is 52.2 Å². The molecule has 1 unspecified atom stereocenters. The number of fused-ring (bicyclic) bond motifs is 1. The van der Waals surface area contributed by atoms with Crippen molar-refractivity contribution in [2.24, 2.45) is 0 Å². The van der Waals surface area contributed by atoms with Crippen molar-refractivity contribution in [1.82, 2.24) is 0 Å². The van der Waals surface area contributed by atoms with Gasteiger partial charge in [-0.2, -0.15) is 0 Å². The highest BCUT2D eigenvalue weighted by molar-refractivity contribution is 6.31. The van der Waals surface area contributed by atoms with Crippen LogP contribution in [0.2, 0.25) is 10.0 Å². The average Bonchev–Trinajstić information content (AvgIpc) is 2.97. The van der Waals surface area contributed by atoms with Crippen LogP contribution < -0.4 is 10.6 Å². The van der Waals surface area contributed by atoms with E-state index in [1.165, 1.54) is 13.0 Å². The summed E-state index contributed by atoms with van der Waals surface area (Å²) in [6.07, 6.45) is 0.346. The first kappa shape index (κ1) is 22.8. The molecule has 0 aromatic heterocycles. The van der Waals surface area contributed by atoms with Crippen LogP contribution in [0.3, 0.4) is 0 Å². The number of carbonyl (C=O) groups excluding carboxylic acids is 2. The fourth-order valence-corrected chi connectivity index (χ4v) is 4.53. The maximum absolute atomic E-state index is 13.5. The number of carboxylic acids is 1. The SMILES string of the molecule is CC(=O)Cc1ccc(C(=O)O)c(NC2(Cc3cccc(Cl)c3)C(=O)Nc3cc(Cl)ccc32)c1. The number of carbonyl (C=O) groups is 3. The number of benzene rings is 3. The standard InChI is InChI=1S/C25H20Cl2N2O4/c1-14(30)9-15-5-7-19(23(31)32)21(11-15)29-25(13-16-3-2-4-17(26)10-16)20-8-6-18(27)12-22(20)28-24(25)33/h2-8,10-12,29H,9,13H2,1H3,(H,28,33)(H,31,32). The van der Waals surface area contributed by atoms with Crippen LogP contribution >= 0.6 is 23.2 Å². The molecule has 4 rings (SSSR count). The van der Waals surface area contributed by atoms with E-state index in [0.29, 0.717) is 26.9 Å². The van der Waals surface area contributed by atoms with Crippen LogP contribution in [0.15, 0.2) is 60.7 Å². The fraction of sp³-hybridized carbons (Fsp3) is 0.160. The van der Waals surface area contributed by atoms with Crippen LogP contribution in [0.4, 0.5) is 11.4 Å². The number of hydrogen-bond acceptors (Lipinski definition) is 4. The van der Waals surface area contributed by atoms with Gasteiger partial charge < -0.3 is 15.7 Å². The van der Waals surface area contributed by atoms with Crippen LogP contribution in [0.25, 0.3) is 0 Å². The lowest BCUT2D eigenvalue weighted by Crippen LogP contribution is -2.44.